The molecule has 0 amide bonds. The maximum atomic E-state index is 12.2. The molecule has 0 spiro atoms. The summed E-state index contributed by atoms with van der Waals surface area (Å²) in [5.74, 6) is -0.160. The van der Waals surface area contributed by atoms with Gasteiger partial charge in [0.2, 0.25) is 10.0 Å². The minimum atomic E-state index is -3.63. The summed E-state index contributed by atoms with van der Waals surface area (Å²) in [5, 5.41) is 0. The maximum absolute atomic E-state index is 12.2. The molecule has 0 saturated carbocycles. The zero-order valence-corrected chi connectivity index (χ0v) is 13.1. The van der Waals surface area contributed by atoms with Gasteiger partial charge in [-0.05, 0) is 31.5 Å². The Balaban J connectivity index is 2.07. The van der Waals surface area contributed by atoms with Gasteiger partial charge in [0.15, 0.2) is 0 Å². The van der Waals surface area contributed by atoms with Crippen molar-refractivity contribution in [3.05, 3.63) is 29.8 Å². The van der Waals surface area contributed by atoms with E-state index in [9.17, 15) is 13.2 Å². The van der Waals surface area contributed by atoms with E-state index < -0.39 is 27.6 Å². The van der Waals surface area contributed by atoms with Crippen LogP contribution in [-0.4, -0.2) is 33.1 Å². The van der Waals surface area contributed by atoms with E-state index in [-0.39, 0.29) is 5.75 Å². The highest BCUT2D eigenvalue weighted by Gasteiger charge is 2.41. The summed E-state index contributed by atoms with van der Waals surface area (Å²) < 4.78 is 36.9. The van der Waals surface area contributed by atoms with Crippen molar-refractivity contribution in [3.8, 4) is 5.75 Å². The third kappa shape index (κ3) is 4.18. The summed E-state index contributed by atoms with van der Waals surface area (Å²) in [5.41, 5.74) is -0.0484. The van der Waals surface area contributed by atoms with Gasteiger partial charge in [0.25, 0.3) is 0 Å². The van der Waals surface area contributed by atoms with Crippen LogP contribution in [0.1, 0.15) is 25.8 Å². The number of methoxy groups -OCH3 is 1. The van der Waals surface area contributed by atoms with Gasteiger partial charge in [0.05, 0.1) is 12.9 Å². The molecule has 1 heterocycles. The normalized spacial score (nSPS) is 21.1. The Kier molecular flexibility index (Phi) is 4.25. The van der Waals surface area contributed by atoms with Crippen LogP contribution < -0.4 is 9.46 Å². The summed E-state index contributed by atoms with van der Waals surface area (Å²) in [6.07, 6.45) is 0.323. The van der Waals surface area contributed by atoms with Crippen LogP contribution in [0.5, 0.6) is 5.75 Å². The van der Waals surface area contributed by atoms with Crippen LogP contribution in [0.2, 0.25) is 0 Å². The topological polar surface area (TPSA) is 81.7 Å². The van der Waals surface area contributed by atoms with Crippen LogP contribution in [0.4, 0.5) is 0 Å². The largest absolute Gasteiger partial charge is 0.497 e. The highest BCUT2D eigenvalue weighted by atomic mass is 32.2. The molecular formula is C14H19NO5S. The predicted octanol–water partition coefficient (Wildman–Crippen LogP) is 1.21. The SMILES string of the molecule is COc1cccc(CS(=O)(=O)NC2CC(C)(C)OC2=O)c1. The quantitative estimate of drug-likeness (QED) is 0.826. The molecule has 0 aromatic heterocycles. The molecule has 1 saturated heterocycles. The average molecular weight is 313 g/mol. The number of hydrogen-bond donors (Lipinski definition) is 1. The second-order valence-electron chi connectivity index (χ2n) is 5.67. The van der Waals surface area contributed by atoms with Crippen molar-refractivity contribution in [2.75, 3.05) is 7.11 Å². The van der Waals surface area contributed by atoms with Gasteiger partial charge in [-0.1, -0.05) is 12.1 Å². The van der Waals surface area contributed by atoms with E-state index in [0.29, 0.717) is 17.7 Å². The molecule has 0 aliphatic carbocycles. The molecule has 0 radical (unpaired) electrons. The van der Waals surface area contributed by atoms with Crippen molar-refractivity contribution in [2.45, 2.75) is 37.7 Å². The number of nitrogens with one attached hydrogen (secondary N) is 1. The lowest BCUT2D eigenvalue weighted by atomic mass is 10.0. The van der Waals surface area contributed by atoms with Gasteiger partial charge in [0, 0.05) is 6.42 Å². The molecule has 1 aliphatic rings. The Morgan fingerprint density at radius 2 is 2.14 bits per heavy atom. The second kappa shape index (κ2) is 5.65. The molecule has 0 bridgehead atoms. The van der Waals surface area contributed by atoms with E-state index in [1.54, 1.807) is 38.1 Å². The van der Waals surface area contributed by atoms with E-state index in [1.807, 2.05) is 0 Å². The Hall–Kier alpha value is -1.60. The fourth-order valence-corrected chi connectivity index (χ4v) is 3.60. The highest BCUT2D eigenvalue weighted by Crippen LogP contribution is 2.26. The first kappa shape index (κ1) is 15.8. The van der Waals surface area contributed by atoms with Crippen LogP contribution in [0, 0.1) is 0 Å². The number of benzene rings is 1. The smallest absolute Gasteiger partial charge is 0.324 e. The van der Waals surface area contributed by atoms with Gasteiger partial charge >= 0.3 is 5.97 Å². The fourth-order valence-electron chi connectivity index (χ4n) is 2.29. The number of hydrogen-bond acceptors (Lipinski definition) is 5. The van der Waals surface area contributed by atoms with E-state index in [1.165, 1.54) is 7.11 Å². The molecule has 1 fully saturated rings. The molecule has 1 aromatic carbocycles. The number of sulfonamides is 1. The number of esters is 1. The fraction of sp³-hybridized carbons (Fsp3) is 0.500. The molecular weight excluding hydrogens is 294 g/mol. The van der Waals surface area contributed by atoms with E-state index >= 15 is 0 Å². The van der Waals surface area contributed by atoms with E-state index in [4.69, 9.17) is 9.47 Å². The van der Waals surface area contributed by atoms with Crippen molar-refractivity contribution < 1.29 is 22.7 Å². The molecule has 1 unspecified atom stereocenters. The zero-order valence-electron chi connectivity index (χ0n) is 12.3. The van der Waals surface area contributed by atoms with Crippen LogP contribution in [0.15, 0.2) is 24.3 Å². The first-order valence-electron chi connectivity index (χ1n) is 6.56. The van der Waals surface area contributed by atoms with Crippen molar-refractivity contribution >= 4 is 16.0 Å². The lowest BCUT2D eigenvalue weighted by Gasteiger charge is -2.14. The molecule has 7 heteroatoms. The van der Waals surface area contributed by atoms with E-state index in [0.717, 1.165) is 0 Å². The molecule has 116 valence electrons. The Labute approximate surface area is 124 Å². The molecule has 21 heavy (non-hydrogen) atoms. The lowest BCUT2D eigenvalue weighted by molar-refractivity contribution is -0.147. The number of ether oxygens (including phenoxy) is 2. The third-order valence-electron chi connectivity index (χ3n) is 3.17. The number of cyclic esters (lactones) is 1. The summed E-state index contributed by atoms with van der Waals surface area (Å²) in [6, 6.07) is 5.97. The predicted molar refractivity (Wildman–Crippen MR) is 77.3 cm³/mol. The molecule has 1 N–H and O–H groups in total. The minimum Gasteiger partial charge on any atom is -0.497 e. The first-order valence-corrected chi connectivity index (χ1v) is 8.22. The lowest BCUT2D eigenvalue weighted by Crippen LogP contribution is -2.38. The van der Waals surface area contributed by atoms with E-state index in [2.05, 4.69) is 4.72 Å². The third-order valence-corrected chi connectivity index (χ3v) is 4.53. The summed E-state index contributed by atoms with van der Waals surface area (Å²) in [4.78, 5) is 11.7. The van der Waals surface area contributed by atoms with Gasteiger partial charge < -0.3 is 9.47 Å². The van der Waals surface area contributed by atoms with Crippen LogP contribution in [0.3, 0.4) is 0 Å². The summed E-state index contributed by atoms with van der Waals surface area (Å²) in [7, 11) is -2.12. The highest BCUT2D eigenvalue weighted by molar-refractivity contribution is 7.88. The number of rotatable bonds is 5. The van der Waals surface area contributed by atoms with Gasteiger partial charge in [-0.15, -0.1) is 0 Å². The monoisotopic (exact) mass is 313 g/mol. The Bertz CT molecular complexity index is 639. The Morgan fingerprint density at radius 1 is 1.43 bits per heavy atom. The first-order chi connectivity index (χ1) is 9.71. The molecule has 1 atom stereocenters. The minimum absolute atomic E-state index is 0.214. The molecule has 1 aliphatic heterocycles. The van der Waals surface area contributed by atoms with Crippen molar-refractivity contribution in [1.82, 2.24) is 4.72 Å². The van der Waals surface area contributed by atoms with Gasteiger partial charge in [-0.3, -0.25) is 4.79 Å². The zero-order chi connectivity index (χ0) is 15.7. The number of carbonyl (C=O) groups excluding carboxylic acids is 1. The van der Waals surface area contributed by atoms with Crippen LogP contribution in [0.25, 0.3) is 0 Å². The van der Waals surface area contributed by atoms with Gasteiger partial charge in [0.1, 0.15) is 17.4 Å². The number of carbonyl (C=O) groups is 1. The van der Waals surface area contributed by atoms with Crippen molar-refractivity contribution in [1.29, 1.82) is 0 Å². The molecule has 2 rings (SSSR count). The molecule has 6 nitrogen and oxygen atoms in total. The van der Waals surface area contributed by atoms with Crippen LogP contribution >= 0.6 is 0 Å². The van der Waals surface area contributed by atoms with Crippen LogP contribution in [-0.2, 0) is 25.3 Å². The second-order valence-corrected chi connectivity index (χ2v) is 7.42. The average Bonchev–Trinajstić information content (AvgIpc) is 2.61. The van der Waals surface area contributed by atoms with Crippen molar-refractivity contribution in [3.63, 3.8) is 0 Å². The maximum Gasteiger partial charge on any atom is 0.324 e. The van der Waals surface area contributed by atoms with Gasteiger partial charge in [-0.25, -0.2) is 13.1 Å². The molecule has 1 aromatic rings. The van der Waals surface area contributed by atoms with Crippen molar-refractivity contribution in [2.24, 2.45) is 0 Å². The summed E-state index contributed by atoms with van der Waals surface area (Å²) in [6.45, 7) is 3.50. The standard InChI is InChI=1S/C14H19NO5S/c1-14(2)8-12(13(16)20-14)15-21(17,18)9-10-5-4-6-11(7-10)19-3/h4-7,12,15H,8-9H2,1-3H3. The van der Waals surface area contributed by atoms with Gasteiger partial charge in [-0.2, -0.15) is 0 Å². The summed E-state index contributed by atoms with van der Waals surface area (Å²) >= 11 is 0. The Morgan fingerprint density at radius 3 is 2.71 bits per heavy atom.